The fourth-order valence-corrected chi connectivity index (χ4v) is 2.24. The van der Waals surface area contributed by atoms with E-state index in [1.807, 2.05) is 6.92 Å². The first kappa shape index (κ1) is 16.2. The average Bonchev–Trinajstić information content (AvgIpc) is 2.36. The zero-order valence-electron chi connectivity index (χ0n) is 12.9. The van der Waals surface area contributed by atoms with Gasteiger partial charge in [-0.2, -0.15) is 0 Å². The fourth-order valence-electron chi connectivity index (χ4n) is 2.24. The molecule has 2 N–H and O–H groups in total. The van der Waals surface area contributed by atoms with E-state index in [1.165, 1.54) is 11.1 Å². The Morgan fingerprint density at radius 2 is 1.53 bits per heavy atom. The van der Waals surface area contributed by atoms with Gasteiger partial charge in [-0.1, -0.05) is 58.9 Å². The number of rotatable bonds is 5. The summed E-state index contributed by atoms with van der Waals surface area (Å²) in [5.74, 6) is 0.255. The van der Waals surface area contributed by atoms with Crippen molar-refractivity contribution in [1.29, 1.82) is 0 Å². The fraction of sp³-hybridized carbons (Fsp3) is 0.647. The number of aliphatic hydroxyl groups is 2. The van der Waals surface area contributed by atoms with Gasteiger partial charge in [0, 0.05) is 0 Å². The lowest BCUT2D eigenvalue weighted by Gasteiger charge is -2.22. The van der Waals surface area contributed by atoms with Crippen LogP contribution < -0.4 is 0 Å². The maximum Gasteiger partial charge on any atom is 0.0804 e. The molecule has 0 spiro atoms. The van der Waals surface area contributed by atoms with Gasteiger partial charge in [-0.3, -0.25) is 0 Å². The first-order chi connectivity index (χ1) is 8.75. The first-order valence-corrected chi connectivity index (χ1v) is 7.22. The summed E-state index contributed by atoms with van der Waals surface area (Å²) in [7, 11) is 0. The number of hydrogen-bond acceptors (Lipinski definition) is 2. The number of hydrogen-bond donors (Lipinski definition) is 2. The molecule has 2 nitrogen and oxygen atoms in total. The van der Waals surface area contributed by atoms with E-state index < -0.39 is 12.2 Å². The molecule has 0 aliphatic carbocycles. The molecule has 0 saturated heterocycles. The Hall–Kier alpha value is -0.860. The molecule has 1 rings (SSSR count). The van der Waals surface area contributed by atoms with Crippen molar-refractivity contribution in [3.8, 4) is 0 Å². The van der Waals surface area contributed by atoms with Crippen LogP contribution >= 0.6 is 0 Å². The molecule has 0 bridgehead atoms. The smallest absolute Gasteiger partial charge is 0.0804 e. The van der Waals surface area contributed by atoms with Gasteiger partial charge in [-0.25, -0.2) is 0 Å². The third kappa shape index (κ3) is 4.63. The van der Waals surface area contributed by atoms with E-state index in [0.717, 1.165) is 0 Å². The summed E-state index contributed by atoms with van der Waals surface area (Å²) in [4.78, 5) is 0. The lowest BCUT2D eigenvalue weighted by atomic mass is 9.85. The van der Waals surface area contributed by atoms with Crippen molar-refractivity contribution in [3.05, 3.63) is 35.4 Å². The molecule has 0 aromatic heterocycles. The Bertz CT molecular complexity index is 375. The van der Waals surface area contributed by atoms with E-state index in [-0.39, 0.29) is 11.3 Å². The summed E-state index contributed by atoms with van der Waals surface area (Å²) in [6.07, 6.45) is -0.0561. The minimum absolute atomic E-state index is 0.166. The molecule has 1 aromatic carbocycles. The van der Waals surface area contributed by atoms with Crippen LogP contribution in [0.25, 0.3) is 0 Å². The maximum atomic E-state index is 9.88. The van der Waals surface area contributed by atoms with Gasteiger partial charge in [0.2, 0.25) is 0 Å². The summed E-state index contributed by atoms with van der Waals surface area (Å²) >= 11 is 0. The van der Waals surface area contributed by atoms with Gasteiger partial charge >= 0.3 is 0 Å². The normalized spacial score (nSPS) is 17.0. The maximum absolute atomic E-state index is 9.88. The standard InChI is InChI=1S/C17H28O2/c1-6-15(18)16(19)11-12(2)13-7-9-14(10-8-13)17(3,4)5/h7-10,12,15-16,18-19H,6,11H2,1-5H3. The Labute approximate surface area is 117 Å². The van der Waals surface area contributed by atoms with E-state index >= 15 is 0 Å². The van der Waals surface area contributed by atoms with E-state index in [4.69, 9.17) is 0 Å². The van der Waals surface area contributed by atoms with Crippen molar-refractivity contribution in [2.24, 2.45) is 0 Å². The largest absolute Gasteiger partial charge is 0.390 e. The number of aliphatic hydroxyl groups excluding tert-OH is 2. The zero-order chi connectivity index (χ0) is 14.6. The van der Waals surface area contributed by atoms with Crippen LogP contribution in [0.5, 0.6) is 0 Å². The molecule has 0 aliphatic heterocycles. The van der Waals surface area contributed by atoms with E-state index in [9.17, 15) is 10.2 Å². The quantitative estimate of drug-likeness (QED) is 0.853. The van der Waals surface area contributed by atoms with E-state index in [0.29, 0.717) is 12.8 Å². The summed E-state index contributed by atoms with van der Waals surface area (Å²) in [5, 5.41) is 19.5. The number of benzene rings is 1. The van der Waals surface area contributed by atoms with Crippen LogP contribution in [0.2, 0.25) is 0 Å². The van der Waals surface area contributed by atoms with Gasteiger partial charge in [0.1, 0.15) is 0 Å². The van der Waals surface area contributed by atoms with Crippen molar-refractivity contribution < 1.29 is 10.2 Å². The van der Waals surface area contributed by atoms with Crippen molar-refractivity contribution in [2.45, 2.75) is 71.0 Å². The molecule has 3 unspecified atom stereocenters. The molecular weight excluding hydrogens is 236 g/mol. The Kier molecular flexibility index (Phi) is 5.57. The SMILES string of the molecule is CCC(O)C(O)CC(C)c1ccc(C(C)(C)C)cc1. The lowest BCUT2D eigenvalue weighted by molar-refractivity contribution is 0.00953. The van der Waals surface area contributed by atoms with Crippen LogP contribution in [0.15, 0.2) is 24.3 Å². The van der Waals surface area contributed by atoms with Crippen LogP contribution in [-0.4, -0.2) is 22.4 Å². The van der Waals surface area contributed by atoms with Crippen molar-refractivity contribution in [1.82, 2.24) is 0 Å². The highest BCUT2D eigenvalue weighted by Crippen LogP contribution is 2.26. The predicted molar refractivity (Wildman–Crippen MR) is 80.5 cm³/mol. The molecule has 0 amide bonds. The minimum atomic E-state index is -0.637. The Morgan fingerprint density at radius 3 is 1.95 bits per heavy atom. The van der Waals surface area contributed by atoms with Crippen LogP contribution in [0, 0.1) is 0 Å². The molecule has 19 heavy (non-hydrogen) atoms. The monoisotopic (exact) mass is 264 g/mol. The summed E-state index contributed by atoms with van der Waals surface area (Å²) in [6.45, 7) is 10.6. The van der Waals surface area contributed by atoms with Crippen molar-refractivity contribution in [2.75, 3.05) is 0 Å². The molecule has 0 saturated carbocycles. The topological polar surface area (TPSA) is 40.5 Å². The molecule has 0 heterocycles. The zero-order valence-corrected chi connectivity index (χ0v) is 12.9. The molecule has 2 heteroatoms. The second-order valence-electron chi connectivity index (χ2n) is 6.55. The van der Waals surface area contributed by atoms with Crippen LogP contribution in [0.3, 0.4) is 0 Å². The molecule has 0 aliphatic rings. The molecule has 0 fully saturated rings. The Morgan fingerprint density at radius 1 is 1.00 bits per heavy atom. The highest BCUT2D eigenvalue weighted by Gasteiger charge is 2.19. The molecular formula is C17H28O2. The average molecular weight is 264 g/mol. The molecule has 0 radical (unpaired) electrons. The predicted octanol–water partition coefficient (Wildman–Crippen LogP) is 3.61. The van der Waals surface area contributed by atoms with Crippen LogP contribution in [-0.2, 0) is 5.41 Å². The van der Waals surface area contributed by atoms with Gasteiger partial charge in [0.25, 0.3) is 0 Å². The van der Waals surface area contributed by atoms with Gasteiger partial charge < -0.3 is 10.2 Å². The molecule has 108 valence electrons. The van der Waals surface area contributed by atoms with Gasteiger partial charge in [0.15, 0.2) is 0 Å². The molecule has 1 aromatic rings. The van der Waals surface area contributed by atoms with Gasteiger partial charge in [-0.05, 0) is 35.3 Å². The van der Waals surface area contributed by atoms with Crippen LogP contribution in [0.1, 0.15) is 64.5 Å². The summed E-state index contributed by atoms with van der Waals surface area (Å²) < 4.78 is 0. The third-order valence-corrected chi connectivity index (χ3v) is 3.80. The Balaban J connectivity index is 2.70. The molecule has 3 atom stereocenters. The van der Waals surface area contributed by atoms with Crippen molar-refractivity contribution >= 4 is 0 Å². The highest BCUT2D eigenvalue weighted by molar-refractivity contribution is 5.29. The van der Waals surface area contributed by atoms with Crippen LogP contribution in [0.4, 0.5) is 0 Å². The second kappa shape index (κ2) is 6.53. The van der Waals surface area contributed by atoms with Gasteiger partial charge in [-0.15, -0.1) is 0 Å². The summed E-state index contributed by atoms with van der Waals surface area (Å²) in [5.41, 5.74) is 2.70. The van der Waals surface area contributed by atoms with E-state index in [1.54, 1.807) is 0 Å². The van der Waals surface area contributed by atoms with E-state index in [2.05, 4.69) is 52.0 Å². The second-order valence-corrected chi connectivity index (χ2v) is 6.55. The lowest BCUT2D eigenvalue weighted by Crippen LogP contribution is -2.26. The van der Waals surface area contributed by atoms with Crippen molar-refractivity contribution in [3.63, 3.8) is 0 Å². The minimum Gasteiger partial charge on any atom is -0.390 e. The summed E-state index contributed by atoms with van der Waals surface area (Å²) in [6, 6.07) is 8.59. The highest BCUT2D eigenvalue weighted by atomic mass is 16.3. The first-order valence-electron chi connectivity index (χ1n) is 7.22. The third-order valence-electron chi connectivity index (χ3n) is 3.80. The van der Waals surface area contributed by atoms with Gasteiger partial charge in [0.05, 0.1) is 12.2 Å².